The van der Waals surface area contributed by atoms with Crippen LogP contribution in [0.4, 0.5) is 0 Å². The Hall–Kier alpha value is -1.44. The molecule has 2 atom stereocenters. The molecule has 1 aliphatic rings. The smallest absolute Gasteiger partial charge is 0.339 e. The molecule has 0 saturated carbocycles. The number of nitrogens with zero attached hydrogens (tertiary/aromatic N) is 1. The van der Waals surface area contributed by atoms with E-state index < -0.39 is 16.0 Å². The summed E-state index contributed by atoms with van der Waals surface area (Å²) in [4.78, 5) is 11.9. The van der Waals surface area contributed by atoms with Crippen LogP contribution in [0.1, 0.15) is 29.8 Å². The van der Waals surface area contributed by atoms with E-state index in [9.17, 15) is 13.2 Å². The van der Waals surface area contributed by atoms with Crippen molar-refractivity contribution in [1.82, 2.24) is 9.62 Å². The molecule has 0 radical (unpaired) electrons. The van der Waals surface area contributed by atoms with Gasteiger partial charge in [-0.3, -0.25) is 0 Å². The van der Waals surface area contributed by atoms with Crippen molar-refractivity contribution < 1.29 is 17.9 Å². The average molecular weight is 326 g/mol. The van der Waals surface area contributed by atoms with Crippen molar-refractivity contribution >= 4 is 16.0 Å². The van der Waals surface area contributed by atoms with E-state index in [1.165, 1.54) is 17.5 Å². The zero-order chi connectivity index (χ0) is 16.5. The van der Waals surface area contributed by atoms with E-state index in [1.54, 1.807) is 19.1 Å². The van der Waals surface area contributed by atoms with Crippen molar-refractivity contribution in [3.05, 3.63) is 29.3 Å². The molecule has 0 aliphatic carbocycles. The summed E-state index contributed by atoms with van der Waals surface area (Å²) in [5.41, 5.74) is 0.891. The normalized spacial score (nSPS) is 23.3. The maximum absolute atomic E-state index is 13.0. The number of hydrogen-bond acceptors (Lipinski definition) is 5. The molecule has 1 aliphatic heterocycles. The molecule has 1 aromatic rings. The number of sulfonamides is 1. The largest absolute Gasteiger partial charge is 0.465 e. The molecule has 0 spiro atoms. The molecule has 2 unspecified atom stereocenters. The number of aryl methyl sites for hydroxylation is 1. The second kappa shape index (κ2) is 6.36. The molecular formula is C15H22N2O4S. The molecule has 0 bridgehead atoms. The third kappa shape index (κ3) is 3.02. The number of carbonyl (C=O) groups is 1. The fourth-order valence-corrected chi connectivity index (χ4v) is 4.49. The van der Waals surface area contributed by atoms with Gasteiger partial charge in [-0.15, -0.1) is 0 Å². The van der Waals surface area contributed by atoms with Crippen LogP contribution >= 0.6 is 0 Å². The van der Waals surface area contributed by atoms with Gasteiger partial charge in [0.15, 0.2) is 0 Å². The highest BCUT2D eigenvalue weighted by atomic mass is 32.2. The lowest BCUT2D eigenvalue weighted by atomic mass is 10.1. The molecule has 1 N–H and O–H groups in total. The van der Waals surface area contributed by atoms with Gasteiger partial charge >= 0.3 is 5.97 Å². The minimum absolute atomic E-state index is 0.00546. The summed E-state index contributed by atoms with van der Waals surface area (Å²) in [6.45, 7) is 6.58. The fourth-order valence-electron chi connectivity index (χ4n) is 2.63. The second-order valence-corrected chi connectivity index (χ2v) is 7.45. The third-order valence-electron chi connectivity index (χ3n) is 4.10. The van der Waals surface area contributed by atoms with Crippen LogP contribution in [0, 0.1) is 6.92 Å². The summed E-state index contributed by atoms with van der Waals surface area (Å²) in [5.74, 6) is -0.641. The lowest BCUT2D eigenvalue weighted by Gasteiger charge is -2.37. The monoisotopic (exact) mass is 326 g/mol. The van der Waals surface area contributed by atoms with Crippen LogP contribution in [0.15, 0.2) is 23.1 Å². The van der Waals surface area contributed by atoms with Gasteiger partial charge in [-0.05, 0) is 32.9 Å². The van der Waals surface area contributed by atoms with E-state index in [2.05, 4.69) is 5.32 Å². The number of esters is 1. The van der Waals surface area contributed by atoms with Crippen molar-refractivity contribution in [2.45, 2.75) is 37.8 Å². The predicted molar refractivity (Wildman–Crippen MR) is 83.3 cm³/mol. The maximum atomic E-state index is 13.0. The molecular weight excluding hydrogens is 304 g/mol. The van der Waals surface area contributed by atoms with Crippen molar-refractivity contribution in [2.75, 3.05) is 20.2 Å². The first kappa shape index (κ1) is 16.9. The zero-order valence-corrected chi connectivity index (χ0v) is 14.1. The maximum Gasteiger partial charge on any atom is 0.339 e. The van der Waals surface area contributed by atoms with Crippen LogP contribution < -0.4 is 5.32 Å². The van der Waals surface area contributed by atoms with Gasteiger partial charge in [-0.1, -0.05) is 11.6 Å². The van der Waals surface area contributed by atoms with Crippen molar-refractivity contribution in [1.29, 1.82) is 0 Å². The quantitative estimate of drug-likeness (QED) is 0.844. The van der Waals surface area contributed by atoms with Gasteiger partial charge in [-0.25, -0.2) is 13.2 Å². The minimum atomic E-state index is -3.75. The zero-order valence-electron chi connectivity index (χ0n) is 13.3. The van der Waals surface area contributed by atoms with E-state index in [0.717, 1.165) is 5.56 Å². The van der Waals surface area contributed by atoms with Gasteiger partial charge in [0, 0.05) is 25.2 Å². The highest BCUT2D eigenvalue weighted by Crippen LogP contribution is 2.25. The molecule has 22 heavy (non-hydrogen) atoms. The first-order valence-corrected chi connectivity index (χ1v) is 8.67. The predicted octanol–water partition coefficient (Wildman–Crippen LogP) is 1.15. The van der Waals surface area contributed by atoms with Crippen LogP contribution in [-0.4, -0.2) is 51.0 Å². The second-order valence-electron chi connectivity index (χ2n) is 5.59. The Morgan fingerprint density at radius 3 is 2.68 bits per heavy atom. The van der Waals surface area contributed by atoms with Crippen molar-refractivity contribution in [3.8, 4) is 0 Å². The highest BCUT2D eigenvalue weighted by molar-refractivity contribution is 7.89. The topological polar surface area (TPSA) is 75.7 Å². The highest BCUT2D eigenvalue weighted by Gasteiger charge is 2.36. The third-order valence-corrected chi connectivity index (χ3v) is 6.15. The summed E-state index contributed by atoms with van der Waals surface area (Å²) >= 11 is 0. The van der Waals surface area contributed by atoms with Gasteiger partial charge < -0.3 is 10.1 Å². The minimum Gasteiger partial charge on any atom is -0.465 e. The summed E-state index contributed by atoms with van der Waals surface area (Å²) in [7, 11) is -2.51. The Bertz CT molecular complexity index is 672. The summed E-state index contributed by atoms with van der Waals surface area (Å²) < 4.78 is 32.1. The molecule has 1 aromatic carbocycles. The Kier molecular flexibility index (Phi) is 4.89. The van der Waals surface area contributed by atoms with E-state index in [4.69, 9.17) is 4.74 Å². The number of hydrogen-bond donors (Lipinski definition) is 1. The lowest BCUT2D eigenvalue weighted by molar-refractivity contribution is 0.0596. The molecule has 0 amide bonds. The first-order valence-electron chi connectivity index (χ1n) is 7.23. The molecule has 6 nitrogen and oxygen atoms in total. The number of rotatable bonds is 3. The number of piperazine rings is 1. The Morgan fingerprint density at radius 2 is 2.05 bits per heavy atom. The first-order chi connectivity index (χ1) is 10.3. The lowest BCUT2D eigenvalue weighted by Crippen LogP contribution is -2.57. The number of nitrogens with one attached hydrogen (secondary N) is 1. The fraction of sp³-hybridized carbons (Fsp3) is 0.533. The van der Waals surface area contributed by atoms with Crippen LogP contribution in [0.25, 0.3) is 0 Å². The number of benzene rings is 1. The SMILES string of the molecule is COC(=O)c1cc(C)ccc1S(=O)(=O)N1CCNC(C)C1C. The van der Waals surface area contributed by atoms with Gasteiger partial charge in [0.05, 0.1) is 17.6 Å². The number of methoxy groups -OCH3 is 1. The number of ether oxygens (including phenoxy) is 1. The number of carbonyl (C=O) groups excluding carboxylic acids is 1. The van der Waals surface area contributed by atoms with Crippen molar-refractivity contribution in [2.24, 2.45) is 0 Å². The average Bonchev–Trinajstić information content (AvgIpc) is 2.48. The molecule has 1 heterocycles. The summed E-state index contributed by atoms with van der Waals surface area (Å²) in [6, 6.07) is 4.59. The Morgan fingerprint density at radius 1 is 1.36 bits per heavy atom. The van der Waals surface area contributed by atoms with E-state index in [-0.39, 0.29) is 22.5 Å². The standard InChI is InChI=1S/C15H22N2O4S/c1-10-5-6-14(13(9-10)15(18)21-4)22(19,20)17-8-7-16-11(2)12(17)3/h5-6,9,11-12,16H,7-8H2,1-4H3. The van der Waals surface area contributed by atoms with Crippen LogP contribution in [0.2, 0.25) is 0 Å². The molecule has 2 rings (SSSR count). The van der Waals surface area contributed by atoms with Crippen molar-refractivity contribution in [3.63, 3.8) is 0 Å². The van der Waals surface area contributed by atoms with Crippen LogP contribution in [0.3, 0.4) is 0 Å². The van der Waals surface area contributed by atoms with E-state index in [1.807, 2.05) is 13.8 Å². The molecule has 1 saturated heterocycles. The van der Waals surface area contributed by atoms with Crippen LogP contribution in [-0.2, 0) is 14.8 Å². The van der Waals surface area contributed by atoms with E-state index >= 15 is 0 Å². The van der Waals surface area contributed by atoms with Gasteiger partial charge in [0.25, 0.3) is 0 Å². The van der Waals surface area contributed by atoms with E-state index in [0.29, 0.717) is 13.1 Å². The van der Waals surface area contributed by atoms with Gasteiger partial charge in [-0.2, -0.15) is 4.31 Å². The summed E-state index contributed by atoms with van der Waals surface area (Å²) in [6.07, 6.45) is 0. The van der Waals surface area contributed by atoms with Gasteiger partial charge in [0.1, 0.15) is 0 Å². The Balaban J connectivity index is 2.52. The summed E-state index contributed by atoms with van der Waals surface area (Å²) in [5, 5.41) is 3.25. The molecule has 122 valence electrons. The molecule has 0 aromatic heterocycles. The molecule has 1 fully saturated rings. The van der Waals surface area contributed by atoms with Gasteiger partial charge in [0.2, 0.25) is 10.0 Å². The Labute approximate surface area is 131 Å². The molecule has 7 heteroatoms. The van der Waals surface area contributed by atoms with Crippen LogP contribution in [0.5, 0.6) is 0 Å².